The third-order valence-electron chi connectivity index (χ3n) is 3.94. The molecule has 0 amide bonds. The summed E-state index contributed by atoms with van der Waals surface area (Å²) in [5, 5.41) is 6.89. The number of aromatic amines is 1. The molecule has 5 nitrogen and oxygen atoms in total. The first-order valence-electron chi connectivity index (χ1n) is 6.34. The minimum absolute atomic E-state index is 0.188. The lowest BCUT2D eigenvalue weighted by molar-refractivity contribution is 0.258. The van der Waals surface area contributed by atoms with E-state index in [9.17, 15) is 0 Å². The monoisotopic (exact) mass is 254 g/mol. The largest absolute Gasteiger partial charge is 0.463 e. The van der Waals surface area contributed by atoms with Crippen molar-refractivity contribution in [1.82, 2.24) is 10.2 Å². The maximum absolute atomic E-state index is 5.67. The Balaban J connectivity index is 1.80. The van der Waals surface area contributed by atoms with Gasteiger partial charge in [-0.05, 0) is 16.7 Å². The van der Waals surface area contributed by atoms with E-state index in [2.05, 4.69) is 33.4 Å². The molecule has 1 aromatic heterocycles. The highest BCUT2D eigenvalue weighted by Crippen LogP contribution is 2.40. The summed E-state index contributed by atoms with van der Waals surface area (Å²) >= 11 is 0. The van der Waals surface area contributed by atoms with Gasteiger partial charge in [-0.15, -0.1) is 0 Å². The zero-order chi connectivity index (χ0) is 12.9. The van der Waals surface area contributed by atoms with Gasteiger partial charge in [-0.3, -0.25) is 5.10 Å². The molecule has 5 heteroatoms. The number of nitrogens with zero attached hydrogens (tertiary/aromatic N) is 2. The highest BCUT2D eigenvalue weighted by Gasteiger charge is 2.42. The van der Waals surface area contributed by atoms with E-state index in [1.807, 2.05) is 12.4 Å². The lowest BCUT2D eigenvalue weighted by atomic mass is 9.96. The Hall–Kier alpha value is -2.30. The van der Waals surface area contributed by atoms with Crippen LogP contribution in [0.15, 0.2) is 35.6 Å². The van der Waals surface area contributed by atoms with Gasteiger partial charge in [0.2, 0.25) is 0 Å². The molecular formula is C14H14N4O. The molecule has 2 aromatic rings. The van der Waals surface area contributed by atoms with Crippen molar-refractivity contribution < 1.29 is 4.74 Å². The number of nitrogens with one attached hydrogen (secondary N) is 1. The van der Waals surface area contributed by atoms with Crippen LogP contribution in [0.25, 0.3) is 11.1 Å². The van der Waals surface area contributed by atoms with Crippen LogP contribution in [-0.4, -0.2) is 28.4 Å². The number of aliphatic imine (C=N–C) groups is 1. The molecule has 1 atom stereocenters. The molecule has 2 heterocycles. The minimum atomic E-state index is -0.188. The molecule has 1 aliphatic heterocycles. The maximum atomic E-state index is 5.67. The van der Waals surface area contributed by atoms with Gasteiger partial charge >= 0.3 is 0 Å². The van der Waals surface area contributed by atoms with Crippen LogP contribution in [0.4, 0.5) is 0 Å². The van der Waals surface area contributed by atoms with Crippen molar-refractivity contribution in [3.8, 4) is 11.1 Å². The van der Waals surface area contributed by atoms with Gasteiger partial charge in [-0.25, -0.2) is 4.99 Å². The van der Waals surface area contributed by atoms with Crippen LogP contribution < -0.4 is 5.73 Å². The van der Waals surface area contributed by atoms with Crippen LogP contribution in [0.2, 0.25) is 0 Å². The van der Waals surface area contributed by atoms with Gasteiger partial charge in [-0.1, -0.05) is 18.2 Å². The minimum Gasteiger partial charge on any atom is -0.463 e. The van der Waals surface area contributed by atoms with Gasteiger partial charge < -0.3 is 10.5 Å². The number of aromatic nitrogens is 2. The molecule has 1 aromatic carbocycles. The number of amidine groups is 1. The number of hydrogen-bond acceptors (Lipinski definition) is 4. The van der Waals surface area contributed by atoms with Crippen LogP contribution >= 0.6 is 0 Å². The second-order valence-corrected chi connectivity index (χ2v) is 5.25. The fraction of sp³-hybridized carbons (Fsp3) is 0.286. The molecule has 4 rings (SSSR count). The third-order valence-corrected chi connectivity index (χ3v) is 3.94. The zero-order valence-electron chi connectivity index (χ0n) is 10.4. The van der Waals surface area contributed by atoms with E-state index in [0.29, 0.717) is 12.6 Å². The van der Waals surface area contributed by atoms with Gasteiger partial charge in [0.15, 0.2) is 0 Å². The summed E-state index contributed by atoms with van der Waals surface area (Å²) in [5.41, 5.74) is 10.5. The highest BCUT2D eigenvalue weighted by atomic mass is 16.5. The molecule has 2 aliphatic rings. The smallest absolute Gasteiger partial charge is 0.282 e. The molecule has 3 N–H and O–H groups in total. The normalized spacial score (nSPS) is 24.3. The van der Waals surface area contributed by atoms with Gasteiger partial charge in [-0.2, -0.15) is 5.10 Å². The van der Waals surface area contributed by atoms with Gasteiger partial charge in [0, 0.05) is 24.6 Å². The summed E-state index contributed by atoms with van der Waals surface area (Å²) in [4.78, 5) is 4.51. The average molecular weight is 254 g/mol. The predicted molar refractivity (Wildman–Crippen MR) is 71.7 cm³/mol. The second kappa shape index (κ2) is 3.60. The Morgan fingerprint density at radius 1 is 1.32 bits per heavy atom. The summed E-state index contributed by atoms with van der Waals surface area (Å²) in [6, 6.07) is 6.70. The van der Waals surface area contributed by atoms with Crippen molar-refractivity contribution in [2.45, 2.75) is 18.4 Å². The van der Waals surface area contributed by atoms with Crippen molar-refractivity contribution >= 4 is 6.02 Å². The molecule has 0 bridgehead atoms. The van der Waals surface area contributed by atoms with E-state index in [1.165, 1.54) is 16.7 Å². The predicted octanol–water partition coefficient (Wildman–Crippen LogP) is 1.26. The van der Waals surface area contributed by atoms with Crippen molar-refractivity contribution in [3.63, 3.8) is 0 Å². The van der Waals surface area contributed by atoms with Gasteiger partial charge in [0.05, 0.1) is 6.20 Å². The Morgan fingerprint density at radius 3 is 3.00 bits per heavy atom. The van der Waals surface area contributed by atoms with E-state index < -0.39 is 0 Å². The second-order valence-electron chi connectivity index (χ2n) is 5.25. The quantitative estimate of drug-likeness (QED) is 0.804. The maximum Gasteiger partial charge on any atom is 0.282 e. The summed E-state index contributed by atoms with van der Waals surface area (Å²) in [6.45, 7) is 0.582. The van der Waals surface area contributed by atoms with Crippen LogP contribution in [-0.2, 0) is 17.6 Å². The number of nitrogens with two attached hydrogens (primary N) is 1. The first-order chi connectivity index (χ1) is 9.26. The standard InChI is InChI=1S/C14H14N4O/c15-13-18-14(8-19-13)4-9-2-1-3-11(12(9)5-14)10-6-16-17-7-10/h1-3,6-7H,4-5,8H2,(H2,15,18)(H,16,17). The Kier molecular flexibility index (Phi) is 2.01. The Morgan fingerprint density at radius 2 is 2.26 bits per heavy atom. The summed E-state index contributed by atoms with van der Waals surface area (Å²) < 4.78 is 5.36. The average Bonchev–Trinajstić information content (AvgIpc) is 3.09. The summed E-state index contributed by atoms with van der Waals surface area (Å²) in [7, 11) is 0. The van der Waals surface area contributed by atoms with Crippen LogP contribution in [0.3, 0.4) is 0 Å². The van der Waals surface area contributed by atoms with E-state index in [1.54, 1.807) is 0 Å². The van der Waals surface area contributed by atoms with Gasteiger partial charge in [0.25, 0.3) is 6.02 Å². The highest BCUT2D eigenvalue weighted by molar-refractivity contribution is 5.75. The number of H-pyrrole nitrogens is 1. The number of hydrogen-bond donors (Lipinski definition) is 2. The Bertz CT molecular complexity index is 662. The van der Waals surface area contributed by atoms with Crippen molar-refractivity contribution in [1.29, 1.82) is 0 Å². The van der Waals surface area contributed by atoms with Crippen LogP contribution in [0, 0.1) is 0 Å². The topological polar surface area (TPSA) is 76.3 Å². The fourth-order valence-corrected chi connectivity index (χ4v) is 3.11. The fourth-order valence-electron chi connectivity index (χ4n) is 3.11. The van der Waals surface area contributed by atoms with Crippen molar-refractivity contribution in [2.24, 2.45) is 10.7 Å². The molecule has 1 aliphatic carbocycles. The lowest BCUT2D eigenvalue weighted by Crippen LogP contribution is -2.28. The van der Waals surface area contributed by atoms with E-state index in [-0.39, 0.29) is 5.54 Å². The van der Waals surface area contributed by atoms with Crippen LogP contribution in [0.1, 0.15) is 11.1 Å². The summed E-state index contributed by atoms with van der Waals surface area (Å²) in [5.74, 6) is 0. The molecule has 19 heavy (non-hydrogen) atoms. The lowest BCUT2D eigenvalue weighted by Gasteiger charge is -2.15. The molecule has 0 saturated carbocycles. The molecule has 0 fully saturated rings. The molecule has 0 saturated heterocycles. The number of fused-ring (bicyclic) bond motifs is 1. The molecular weight excluding hydrogens is 240 g/mol. The molecule has 1 spiro atoms. The van der Waals surface area contributed by atoms with E-state index >= 15 is 0 Å². The molecule has 1 unspecified atom stereocenters. The van der Waals surface area contributed by atoms with E-state index in [0.717, 1.165) is 18.4 Å². The number of rotatable bonds is 1. The third kappa shape index (κ3) is 1.54. The molecule has 0 radical (unpaired) electrons. The SMILES string of the molecule is NC1=NC2(CO1)Cc1cccc(-c3cn[nH]c3)c1C2. The van der Waals surface area contributed by atoms with E-state index in [4.69, 9.17) is 10.5 Å². The van der Waals surface area contributed by atoms with Crippen molar-refractivity contribution in [2.75, 3.05) is 6.61 Å². The first-order valence-corrected chi connectivity index (χ1v) is 6.34. The van der Waals surface area contributed by atoms with Crippen molar-refractivity contribution in [3.05, 3.63) is 41.7 Å². The van der Waals surface area contributed by atoms with Crippen LogP contribution in [0.5, 0.6) is 0 Å². The Labute approximate surface area is 110 Å². The molecule has 96 valence electrons. The number of benzene rings is 1. The van der Waals surface area contributed by atoms with Gasteiger partial charge in [0.1, 0.15) is 12.1 Å². The first kappa shape index (κ1) is 10.6. The number of ether oxygens (including phenoxy) is 1. The zero-order valence-corrected chi connectivity index (χ0v) is 10.4. The summed E-state index contributed by atoms with van der Waals surface area (Å²) in [6.07, 6.45) is 5.55.